The molecule has 0 aliphatic heterocycles. The molecule has 0 bridgehead atoms. The van der Waals surface area contributed by atoms with Crippen LogP contribution in [0.5, 0.6) is 5.19 Å². The van der Waals surface area contributed by atoms with Crippen molar-refractivity contribution in [2.45, 2.75) is 31.9 Å². The average Bonchev–Trinajstić information content (AvgIpc) is 3.10. The molecule has 1 amide bonds. The number of aromatic nitrogens is 1. The fourth-order valence-electron chi connectivity index (χ4n) is 2.67. The maximum absolute atomic E-state index is 12.6. The quantitative estimate of drug-likeness (QED) is 0.879. The lowest BCUT2D eigenvalue weighted by molar-refractivity contribution is 0.0241. The molecule has 0 unspecified atom stereocenters. The highest BCUT2D eigenvalue weighted by Crippen LogP contribution is 2.40. The smallest absolute Gasteiger partial charge is 0.273 e. The van der Waals surface area contributed by atoms with Crippen LogP contribution in [0.25, 0.3) is 0 Å². The molecule has 22 heavy (non-hydrogen) atoms. The van der Waals surface area contributed by atoms with Gasteiger partial charge in [-0.2, -0.15) is 0 Å². The van der Waals surface area contributed by atoms with Gasteiger partial charge in [-0.1, -0.05) is 17.4 Å². The Morgan fingerprint density at radius 3 is 2.86 bits per heavy atom. The molecule has 1 atom stereocenters. The topological polar surface area (TPSA) is 71.5 Å². The molecule has 2 heterocycles. The highest BCUT2D eigenvalue weighted by atomic mass is 32.1. The molecule has 1 fully saturated rings. The van der Waals surface area contributed by atoms with E-state index in [1.165, 1.54) is 11.3 Å². The van der Waals surface area contributed by atoms with Crippen molar-refractivity contribution in [1.29, 1.82) is 0 Å². The molecule has 2 N–H and O–H groups in total. The van der Waals surface area contributed by atoms with Crippen LogP contribution >= 0.6 is 22.7 Å². The van der Waals surface area contributed by atoms with E-state index in [4.69, 9.17) is 4.74 Å². The fourth-order valence-corrected chi connectivity index (χ4v) is 4.32. The highest BCUT2D eigenvalue weighted by molar-refractivity contribution is 7.15. The highest BCUT2D eigenvalue weighted by Gasteiger charge is 2.36. The Morgan fingerprint density at radius 2 is 2.32 bits per heavy atom. The van der Waals surface area contributed by atoms with Gasteiger partial charge in [-0.3, -0.25) is 4.79 Å². The number of nitrogens with one attached hydrogen (secondary N) is 1. The maximum atomic E-state index is 12.6. The standard InChI is InChI=1S/C15H18N2O3S2/c1-8-13(22-15(16-8)20-2)14(19)17-12(9-6-10(18)7-9)11-4-3-5-21-11/h3-5,9-10,12,18H,6-7H2,1-2H3,(H,17,19)/t9?,10?,12-/m0/s1. The van der Waals surface area contributed by atoms with E-state index in [0.717, 1.165) is 17.7 Å². The number of carbonyl (C=O) groups excluding carboxylic acids is 1. The largest absolute Gasteiger partial charge is 0.473 e. The van der Waals surface area contributed by atoms with Gasteiger partial charge in [-0.15, -0.1) is 11.3 Å². The molecule has 0 radical (unpaired) electrons. The van der Waals surface area contributed by atoms with E-state index in [1.807, 2.05) is 17.5 Å². The van der Waals surface area contributed by atoms with Gasteiger partial charge in [-0.05, 0) is 37.1 Å². The number of amides is 1. The molecule has 1 aliphatic carbocycles. The number of rotatable bonds is 5. The first kappa shape index (κ1) is 15.5. The van der Waals surface area contributed by atoms with Crippen LogP contribution in [0.3, 0.4) is 0 Å². The van der Waals surface area contributed by atoms with Crippen LogP contribution in [0.2, 0.25) is 0 Å². The van der Waals surface area contributed by atoms with Crippen molar-refractivity contribution in [2.75, 3.05) is 7.11 Å². The summed E-state index contributed by atoms with van der Waals surface area (Å²) < 4.78 is 5.09. The molecule has 1 saturated carbocycles. The maximum Gasteiger partial charge on any atom is 0.273 e. The number of hydrogen-bond acceptors (Lipinski definition) is 6. The number of aliphatic hydroxyl groups is 1. The second kappa shape index (κ2) is 6.36. The Kier molecular flexibility index (Phi) is 4.46. The van der Waals surface area contributed by atoms with Crippen LogP contribution in [0.15, 0.2) is 17.5 Å². The second-order valence-electron chi connectivity index (χ2n) is 5.45. The number of aliphatic hydroxyl groups excluding tert-OH is 1. The number of hydrogen-bond donors (Lipinski definition) is 2. The van der Waals surface area contributed by atoms with Crippen LogP contribution in [0, 0.1) is 12.8 Å². The summed E-state index contributed by atoms with van der Waals surface area (Å²) in [5, 5.41) is 15.2. The molecule has 3 rings (SSSR count). The van der Waals surface area contributed by atoms with Gasteiger partial charge < -0.3 is 15.2 Å². The molecule has 5 nitrogen and oxygen atoms in total. The van der Waals surface area contributed by atoms with Gasteiger partial charge in [0.2, 0.25) is 0 Å². The van der Waals surface area contributed by atoms with Gasteiger partial charge >= 0.3 is 0 Å². The zero-order chi connectivity index (χ0) is 15.7. The third kappa shape index (κ3) is 3.02. The lowest BCUT2D eigenvalue weighted by Crippen LogP contribution is -2.41. The predicted molar refractivity (Wildman–Crippen MR) is 86.7 cm³/mol. The first-order chi connectivity index (χ1) is 10.6. The Hall–Kier alpha value is -1.44. The molecule has 0 saturated heterocycles. The number of ether oxygens (including phenoxy) is 1. The molecular weight excluding hydrogens is 320 g/mol. The van der Waals surface area contributed by atoms with E-state index in [0.29, 0.717) is 15.8 Å². The van der Waals surface area contributed by atoms with Crippen molar-refractivity contribution in [3.63, 3.8) is 0 Å². The molecule has 2 aromatic rings. The number of nitrogens with zero attached hydrogens (tertiary/aromatic N) is 1. The van der Waals surface area contributed by atoms with Gasteiger partial charge in [0.1, 0.15) is 4.88 Å². The van der Waals surface area contributed by atoms with Gasteiger partial charge in [0.25, 0.3) is 11.1 Å². The van der Waals surface area contributed by atoms with Crippen molar-refractivity contribution >= 4 is 28.6 Å². The van der Waals surface area contributed by atoms with Crippen molar-refractivity contribution in [3.8, 4) is 5.19 Å². The van der Waals surface area contributed by atoms with Gasteiger partial charge in [-0.25, -0.2) is 4.98 Å². The first-order valence-corrected chi connectivity index (χ1v) is 8.82. The third-order valence-corrected chi connectivity index (χ3v) is 5.99. The summed E-state index contributed by atoms with van der Waals surface area (Å²) in [6.45, 7) is 1.81. The predicted octanol–water partition coefficient (Wildman–Crippen LogP) is 2.76. The summed E-state index contributed by atoms with van der Waals surface area (Å²) in [5.74, 6) is 0.158. The summed E-state index contributed by atoms with van der Waals surface area (Å²) in [6.07, 6.45) is 1.22. The summed E-state index contributed by atoms with van der Waals surface area (Å²) in [5.41, 5.74) is 0.679. The molecule has 1 aliphatic rings. The van der Waals surface area contributed by atoms with Gasteiger partial charge in [0, 0.05) is 4.88 Å². The van der Waals surface area contributed by atoms with E-state index in [9.17, 15) is 9.90 Å². The van der Waals surface area contributed by atoms with Crippen molar-refractivity contribution in [3.05, 3.63) is 33.0 Å². The van der Waals surface area contributed by atoms with Gasteiger partial charge in [0.05, 0.1) is 24.9 Å². The molecule has 7 heteroatoms. The van der Waals surface area contributed by atoms with E-state index in [2.05, 4.69) is 10.3 Å². The zero-order valence-electron chi connectivity index (χ0n) is 12.4. The average molecular weight is 338 g/mol. The third-order valence-electron chi connectivity index (χ3n) is 3.92. The van der Waals surface area contributed by atoms with E-state index in [-0.39, 0.29) is 24.0 Å². The number of thiazole rings is 1. The normalized spacial score (nSPS) is 22.0. The summed E-state index contributed by atoms with van der Waals surface area (Å²) >= 11 is 2.88. The minimum absolute atomic E-state index is 0.0524. The first-order valence-electron chi connectivity index (χ1n) is 7.12. The SMILES string of the molecule is COc1nc(C)c(C(=O)N[C@H](c2cccs2)C2CC(O)C2)s1. The van der Waals surface area contributed by atoms with E-state index >= 15 is 0 Å². The molecule has 2 aromatic heterocycles. The van der Waals surface area contributed by atoms with E-state index in [1.54, 1.807) is 25.4 Å². The van der Waals surface area contributed by atoms with Crippen LogP contribution in [0.1, 0.15) is 39.1 Å². The van der Waals surface area contributed by atoms with Crippen LogP contribution in [0.4, 0.5) is 0 Å². The van der Waals surface area contributed by atoms with Crippen molar-refractivity contribution < 1.29 is 14.6 Å². The van der Waals surface area contributed by atoms with Gasteiger partial charge in [0.15, 0.2) is 0 Å². The van der Waals surface area contributed by atoms with Crippen LogP contribution in [-0.2, 0) is 0 Å². The minimum atomic E-state index is -0.241. The summed E-state index contributed by atoms with van der Waals surface area (Å²) in [4.78, 5) is 18.5. The number of carbonyl (C=O) groups is 1. The molecular formula is C15H18N2O3S2. The minimum Gasteiger partial charge on any atom is -0.473 e. The van der Waals surface area contributed by atoms with Crippen molar-refractivity contribution in [2.24, 2.45) is 5.92 Å². The van der Waals surface area contributed by atoms with Crippen LogP contribution in [-0.4, -0.2) is 29.2 Å². The fraction of sp³-hybridized carbons (Fsp3) is 0.467. The Bertz CT molecular complexity index is 648. The summed E-state index contributed by atoms with van der Waals surface area (Å²) in [6, 6.07) is 3.96. The lowest BCUT2D eigenvalue weighted by atomic mass is 9.76. The monoisotopic (exact) mass is 338 g/mol. The van der Waals surface area contributed by atoms with E-state index < -0.39 is 0 Å². The Morgan fingerprint density at radius 1 is 1.55 bits per heavy atom. The van der Waals surface area contributed by atoms with Crippen LogP contribution < -0.4 is 10.1 Å². The number of methoxy groups -OCH3 is 1. The number of aryl methyl sites for hydroxylation is 1. The number of thiophene rings is 1. The zero-order valence-corrected chi connectivity index (χ0v) is 14.0. The second-order valence-corrected chi connectivity index (χ2v) is 7.39. The Labute approximate surface area is 137 Å². The molecule has 118 valence electrons. The van der Waals surface area contributed by atoms with Crippen molar-refractivity contribution in [1.82, 2.24) is 10.3 Å². The molecule has 0 spiro atoms. The Balaban J connectivity index is 1.78. The molecule has 0 aromatic carbocycles. The lowest BCUT2D eigenvalue weighted by Gasteiger charge is -2.37. The summed E-state index contributed by atoms with van der Waals surface area (Å²) in [7, 11) is 1.55.